The lowest BCUT2D eigenvalue weighted by molar-refractivity contribution is -0.387. The normalized spacial score (nSPS) is 11.1. The SMILES string of the molecule is C=CCCC(CNS(=O)(=O)c1ccccc1[N+](=O)[O-])=C(CO)CO. The van der Waals surface area contributed by atoms with Gasteiger partial charge in [-0.25, -0.2) is 13.1 Å². The molecule has 0 atom stereocenters. The van der Waals surface area contributed by atoms with E-state index in [2.05, 4.69) is 11.3 Å². The number of hydrogen-bond donors (Lipinski definition) is 3. The van der Waals surface area contributed by atoms with Crippen LogP contribution < -0.4 is 4.72 Å². The molecule has 0 saturated heterocycles. The molecule has 0 amide bonds. The van der Waals surface area contributed by atoms with Crippen LogP contribution in [0, 0.1) is 10.1 Å². The number of hydrogen-bond acceptors (Lipinski definition) is 6. The molecule has 1 aromatic carbocycles. The van der Waals surface area contributed by atoms with Crippen LogP contribution in [-0.2, 0) is 10.0 Å². The quantitative estimate of drug-likeness (QED) is 0.327. The maximum atomic E-state index is 12.4. The van der Waals surface area contributed by atoms with Gasteiger partial charge in [0, 0.05) is 12.6 Å². The molecule has 1 aromatic rings. The average Bonchev–Trinajstić information content (AvgIpc) is 2.57. The van der Waals surface area contributed by atoms with Crippen molar-refractivity contribution < 1.29 is 23.6 Å². The summed E-state index contributed by atoms with van der Waals surface area (Å²) in [5, 5.41) is 29.5. The summed E-state index contributed by atoms with van der Waals surface area (Å²) in [4.78, 5) is 9.77. The van der Waals surface area contributed by atoms with Crippen LogP contribution in [0.2, 0.25) is 0 Å². The molecular weight excluding hydrogens is 336 g/mol. The van der Waals surface area contributed by atoms with E-state index in [0.29, 0.717) is 24.0 Å². The molecule has 1 rings (SSSR count). The largest absolute Gasteiger partial charge is 0.392 e. The molecule has 0 bridgehead atoms. The Hall–Kier alpha value is -2.07. The summed E-state index contributed by atoms with van der Waals surface area (Å²) < 4.78 is 27.0. The number of rotatable bonds is 10. The Labute approximate surface area is 140 Å². The third kappa shape index (κ3) is 5.24. The van der Waals surface area contributed by atoms with Crippen molar-refractivity contribution in [1.82, 2.24) is 4.72 Å². The van der Waals surface area contributed by atoms with Crippen LogP contribution in [0.3, 0.4) is 0 Å². The summed E-state index contributed by atoms with van der Waals surface area (Å²) >= 11 is 0. The Morgan fingerprint density at radius 1 is 1.25 bits per heavy atom. The molecule has 24 heavy (non-hydrogen) atoms. The molecule has 0 unspecified atom stereocenters. The van der Waals surface area contributed by atoms with Crippen molar-refractivity contribution in [2.75, 3.05) is 19.8 Å². The van der Waals surface area contributed by atoms with E-state index >= 15 is 0 Å². The number of sulfonamides is 1. The molecule has 0 aliphatic rings. The van der Waals surface area contributed by atoms with E-state index in [0.717, 1.165) is 12.1 Å². The number of aliphatic hydroxyl groups is 2. The van der Waals surface area contributed by atoms with E-state index in [1.807, 2.05) is 0 Å². The number of nitro groups is 1. The molecule has 0 saturated carbocycles. The fourth-order valence-electron chi connectivity index (χ4n) is 2.04. The predicted molar refractivity (Wildman–Crippen MR) is 88.9 cm³/mol. The van der Waals surface area contributed by atoms with Crippen molar-refractivity contribution in [2.45, 2.75) is 17.7 Å². The van der Waals surface area contributed by atoms with Crippen molar-refractivity contribution in [1.29, 1.82) is 0 Å². The zero-order chi connectivity index (χ0) is 18.2. The molecule has 0 aliphatic carbocycles. The zero-order valence-corrected chi connectivity index (χ0v) is 13.8. The van der Waals surface area contributed by atoms with Gasteiger partial charge in [-0.1, -0.05) is 23.8 Å². The second-order valence-electron chi connectivity index (χ2n) is 4.90. The number of nitrogens with one attached hydrogen (secondary N) is 1. The predicted octanol–water partition coefficient (Wildman–Crippen LogP) is 1.12. The molecule has 9 heteroatoms. The van der Waals surface area contributed by atoms with E-state index in [4.69, 9.17) is 0 Å². The van der Waals surface area contributed by atoms with Crippen LogP contribution in [0.1, 0.15) is 12.8 Å². The first kappa shape index (κ1) is 20.0. The first-order valence-corrected chi connectivity index (χ1v) is 8.61. The first-order chi connectivity index (χ1) is 11.4. The van der Waals surface area contributed by atoms with Gasteiger partial charge in [0.2, 0.25) is 10.0 Å². The Balaban J connectivity index is 3.08. The highest BCUT2D eigenvalue weighted by atomic mass is 32.2. The van der Waals surface area contributed by atoms with E-state index in [-0.39, 0.29) is 6.54 Å². The standard InChI is InChI=1S/C15H20N2O6S/c1-2-3-6-12(13(10-18)11-19)9-16-24(22,23)15-8-5-4-7-14(15)17(20)21/h2,4-5,7-8,16,18-19H,1,3,6,9-11H2. The van der Waals surface area contributed by atoms with E-state index < -0.39 is 38.7 Å². The van der Waals surface area contributed by atoms with E-state index in [9.17, 15) is 28.7 Å². The Bertz CT molecular complexity index is 721. The highest BCUT2D eigenvalue weighted by Crippen LogP contribution is 2.23. The lowest BCUT2D eigenvalue weighted by Gasteiger charge is -2.13. The van der Waals surface area contributed by atoms with Crippen LogP contribution >= 0.6 is 0 Å². The van der Waals surface area contributed by atoms with Crippen molar-refractivity contribution in [3.05, 3.63) is 58.2 Å². The molecule has 0 spiro atoms. The van der Waals surface area contributed by atoms with Crippen LogP contribution in [0.25, 0.3) is 0 Å². The summed E-state index contributed by atoms with van der Waals surface area (Å²) in [7, 11) is -4.12. The van der Waals surface area contributed by atoms with Crippen molar-refractivity contribution >= 4 is 15.7 Å². The molecule has 8 nitrogen and oxygen atoms in total. The molecule has 0 heterocycles. The highest BCUT2D eigenvalue weighted by Gasteiger charge is 2.25. The fourth-order valence-corrected chi connectivity index (χ4v) is 3.23. The van der Waals surface area contributed by atoms with Crippen molar-refractivity contribution in [2.24, 2.45) is 0 Å². The van der Waals surface area contributed by atoms with Gasteiger partial charge in [-0.05, 0) is 24.5 Å². The minimum absolute atomic E-state index is 0.168. The van der Waals surface area contributed by atoms with Crippen LogP contribution in [0.15, 0.2) is 53.0 Å². The topological polar surface area (TPSA) is 130 Å². The number of allylic oxidation sites excluding steroid dienone is 1. The van der Waals surface area contributed by atoms with E-state index in [1.165, 1.54) is 12.1 Å². The number of para-hydroxylation sites is 1. The second kappa shape index (κ2) is 9.28. The zero-order valence-electron chi connectivity index (χ0n) is 13.0. The Kier molecular flexibility index (Phi) is 7.72. The molecule has 132 valence electrons. The average molecular weight is 356 g/mol. The van der Waals surface area contributed by atoms with Crippen molar-refractivity contribution in [3.63, 3.8) is 0 Å². The lowest BCUT2D eigenvalue weighted by Crippen LogP contribution is -2.27. The summed E-state index contributed by atoms with van der Waals surface area (Å²) in [5.74, 6) is 0. The smallest absolute Gasteiger partial charge is 0.289 e. The minimum Gasteiger partial charge on any atom is -0.392 e. The third-order valence-corrected chi connectivity index (χ3v) is 4.81. The molecule has 0 aromatic heterocycles. The summed E-state index contributed by atoms with van der Waals surface area (Å²) in [6, 6.07) is 5.02. The van der Waals surface area contributed by atoms with Gasteiger partial charge in [-0.3, -0.25) is 10.1 Å². The molecule has 3 N–H and O–H groups in total. The highest BCUT2D eigenvalue weighted by molar-refractivity contribution is 7.89. The first-order valence-electron chi connectivity index (χ1n) is 7.12. The second-order valence-corrected chi connectivity index (χ2v) is 6.64. The van der Waals surface area contributed by atoms with Gasteiger partial charge >= 0.3 is 0 Å². The number of nitrogens with zero attached hydrogens (tertiary/aromatic N) is 1. The summed E-state index contributed by atoms with van der Waals surface area (Å²) in [6.07, 6.45) is 2.56. The van der Waals surface area contributed by atoms with Gasteiger partial charge in [0.05, 0.1) is 18.1 Å². The van der Waals surface area contributed by atoms with E-state index in [1.54, 1.807) is 6.08 Å². The lowest BCUT2D eigenvalue weighted by atomic mass is 10.0. The van der Waals surface area contributed by atoms with Crippen LogP contribution in [-0.4, -0.2) is 43.3 Å². The van der Waals surface area contributed by atoms with Gasteiger partial charge in [-0.2, -0.15) is 0 Å². The third-order valence-electron chi connectivity index (χ3n) is 3.36. The fraction of sp³-hybridized carbons (Fsp3) is 0.333. The van der Waals surface area contributed by atoms with Crippen LogP contribution in [0.4, 0.5) is 5.69 Å². The number of benzene rings is 1. The number of aliphatic hydroxyl groups excluding tert-OH is 2. The Morgan fingerprint density at radius 2 is 1.88 bits per heavy atom. The van der Waals surface area contributed by atoms with Gasteiger partial charge in [0.25, 0.3) is 5.69 Å². The monoisotopic (exact) mass is 356 g/mol. The van der Waals surface area contributed by atoms with Crippen molar-refractivity contribution in [3.8, 4) is 0 Å². The van der Waals surface area contributed by atoms with Gasteiger partial charge < -0.3 is 10.2 Å². The molecule has 0 aliphatic heterocycles. The molecule has 0 radical (unpaired) electrons. The van der Waals surface area contributed by atoms with Gasteiger partial charge in [0.1, 0.15) is 0 Å². The molecular formula is C15H20N2O6S. The number of nitro benzene ring substituents is 1. The minimum atomic E-state index is -4.12. The molecule has 0 fully saturated rings. The van der Waals surface area contributed by atoms with Gasteiger partial charge in [-0.15, -0.1) is 6.58 Å². The van der Waals surface area contributed by atoms with Gasteiger partial charge in [0.15, 0.2) is 4.90 Å². The summed E-state index contributed by atoms with van der Waals surface area (Å²) in [5.41, 5.74) is 0.301. The Morgan fingerprint density at radius 3 is 2.42 bits per heavy atom. The maximum Gasteiger partial charge on any atom is 0.289 e. The van der Waals surface area contributed by atoms with Crippen LogP contribution in [0.5, 0.6) is 0 Å². The maximum absolute atomic E-state index is 12.4. The summed E-state index contributed by atoms with van der Waals surface area (Å²) in [6.45, 7) is 2.59.